The van der Waals surface area contributed by atoms with Crippen molar-refractivity contribution >= 4 is 5.97 Å². The van der Waals surface area contributed by atoms with Gasteiger partial charge in [-0.05, 0) is 32.6 Å². The molecule has 1 fully saturated rings. The molecule has 3 heteroatoms. The predicted molar refractivity (Wildman–Crippen MR) is 65.3 cm³/mol. The Morgan fingerprint density at radius 2 is 2.12 bits per heavy atom. The summed E-state index contributed by atoms with van der Waals surface area (Å²) in [5.41, 5.74) is 0. The molecule has 0 saturated carbocycles. The van der Waals surface area contributed by atoms with Gasteiger partial charge in [-0.25, -0.2) is 0 Å². The standard InChI is InChI=1S/C13H25NO2/c1-5-7-12(13(15)16-6-2)14-9-10(3)8-11(14)4/h10-12H,5-9H2,1-4H3. The fourth-order valence-electron chi connectivity index (χ4n) is 2.70. The van der Waals surface area contributed by atoms with Crippen LogP contribution in [0.15, 0.2) is 0 Å². The molecule has 0 aromatic rings. The first-order valence-electron chi connectivity index (χ1n) is 6.52. The lowest BCUT2D eigenvalue weighted by Crippen LogP contribution is -2.44. The Hall–Kier alpha value is -0.570. The highest BCUT2D eigenvalue weighted by atomic mass is 16.5. The topological polar surface area (TPSA) is 29.5 Å². The van der Waals surface area contributed by atoms with E-state index < -0.39 is 0 Å². The molecule has 1 aliphatic heterocycles. The van der Waals surface area contributed by atoms with Crippen LogP contribution in [0.1, 0.15) is 47.0 Å². The molecule has 94 valence electrons. The maximum absolute atomic E-state index is 11.9. The van der Waals surface area contributed by atoms with E-state index >= 15 is 0 Å². The number of carbonyl (C=O) groups excluding carboxylic acids is 1. The van der Waals surface area contributed by atoms with Crippen molar-refractivity contribution in [3.8, 4) is 0 Å². The summed E-state index contributed by atoms with van der Waals surface area (Å²) in [5, 5.41) is 0. The maximum atomic E-state index is 11.9. The highest BCUT2D eigenvalue weighted by Crippen LogP contribution is 2.26. The van der Waals surface area contributed by atoms with E-state index in [9.17, 15) is 4.79 Å². The third-order valence-corrected chi connectivity index (χ3v) is 3.35. The highest BCUT2D eigenvalue weighted by molar-refractivity contribution is 5.75. The summed E-state index contributed by atoms with van der Waals surface area (Å²) in [5.74, 6) is 0.661. The first kappa shape index (κ1) is 13.5. The first-order chi connectivity index (χ1) is 7.60. The molecular weight excluding hydrogens is 202 g/mol. The number of esters is 1. The number of hydrogen-bond donors (Lipinski definition) is 0. The summed E-state index contributed by atoms with van der Waals surface area (Å²) >= 11 is 0. The third kappa shape index (κ3) is 3.21. The van der Waals surface area contributed by atoms with Crippen LogP contribution < -0.4 is 0 Å². The van der Waals surface area contributed by atoms with E-state index in [1.807, 2.05) is 6.92 Å². The van der Waals surface area contributed by atoms with Crippen LogP contribution >= 0.6 is 0 Å². The molecule has 1 saturated heterocycles. The van der Waals surface area contributed by atoms with E-state index in [1.165, 1.54) is 6.42 Å². The number of hydrogen-bond acceptors (Lipinski definition) is 3. The molecule has 0 aromatic heterocycles. The molecule has 3 unspecified atom stereocenters. The van der Waals surface area contributed by atoms with E-state index in [2.05, 4.69) is 25.7 Å². The van der Waals surface area contributed by atoms with Crippen LogP contribution in [0.4, 0.5) is 0 Å². The predicted octanol–water partition coefficient (Wildman–Crippen LogP) is 2.45. The molecule has 0 spiro atoms. The summed E-state index contributed by atoms with van der Waals surface area (Å²) in [4.78, 5) is 14.2. The number of carbonyl (C=O) groups is 1. The van der Waals surface area contributed by atoms with Gasteiger partial charge in [-0.15, -0.1) is 0 Å². The average molecular weight is 227 g/mol. The minimum absolute atomic E-state index is 0.0232. The minimum Gasteiger partial charge on any atom is -0.465 e. The Balaban J connectivity index is 2.65. The molecule has 0 aromatic carbocycles. The quantitative estimate of drug-likeness (QED) is 0.676. The highest BCUT2D eigenvalue weighted by Gasteiger charge is 2.35. The minimum atomic E-state index is -0.0368. The molecule has 0 aliphatic carbocycles. The van der Waals surface area contributed by atoms with Gasteiger partial charge in [0.25, 0.3) is 0 Å². The van der Waals surface area contributed by atoms with Gasteiger partial charge in [0.15, 0.2) is 0 Å². The van der Waals surface area contributed by atoms with Crippen LogP contribution in [0.5, 0.6) is 0 Å². The van der Waals surface area contributed by atoms with Crippen molar-refractivity contribution in [2.45, 2.75) is 59.0 Å². The van der Waals surface area contributed by atoms with E-state index in [1.54, 1.807) is 0 Å². The number of likely N-dealkylation sites (tertiary alicyclic amines) is 1. The molecule has 0 radical (unpaired) electrons. The summed E-state index contributed by atoms with van der Waals surface area (Å²) in [7, 11) is 0. The van der Waals surface area contributed by atoms with Crippen LogP contribution in [-0.4, -0.2) is 36.1 Å². The zero-order valence-electron chi connectivity index (χ0n) is 11.0. The molecule has 0 amide bonds. The third-order valence-electron chi connectivity index (χ3n) is 3.35. The zero-order chi connectivity index (χ0) is 12.1. The Morgan fingerprint density at radius 1 is 1.44 bits per heavy atom. The van der Waals surface area contributed by atoms with Crippen molar-refractivity contribution in [3.63, 3.8) is 0 Å². The van der Waals surface area contributed by atoms with Crippen molar-refractivity contribution in [2.75, 3.05) is 13.2 Å². The molecule has 16 heavy (non-hydrogen) atoms. The Labute approximate surface area is 99.1 Å². The molecule has 0 N–H and O–H groups in total. The van der Waals surface area contributed by atoms with Crippen LogP contribution in [0, 0.1) is 5.92 Å². The number of rotatable bonds is 5. The molecule has 1 aliphatic rings. The lowest BCUT2D eigenvalue weighted by Gasteiger charge is -2.29. The SMILES string of the molecule is CCCC(C(=O)OCC)N1CC(C)CC1C. The Bertz CT molecular complexity index is 230. The second-order valence-corrected chi connectivity index (χ2v) is 4.94. The van der Waals surface area contributed by atoms with Gasteiger partial charge in [-0.3, -0.25) is 9.69 Å². The second-order valence-electron chi connectivity index (χ2n) is 4.94. The summed E-state index contributed by atoms with van der Waals surface area (Å²) < 4.78 is 5.17. The first-order valence-corrected chi connectivity index (χ1v) is 6.52. The Morgan fingerprint density at radius 3 is 2.56 bits per heavy atom. The fourth-order valence-corrected chi connectivity index (χ4v) is 2.70. The van der Waals surface area contributed by atoms with Gasteiger partial charge < -0.3 is 4.74 Å². The zero-order valence-corrected chi connectivity index (χ0v) is 11.0. The molecule has 0 bridgehead atoms. The van der Waals surface area contributed by atoms with Crippen molar-refractivity contribution < 1.29 is 9.53 Å². The van der Waals surface area contributed by atoms with Gasteiger partial charge in [0.05, 0.1) is 6.61 Å². The van der Waals surface area contributed by atoms with Crippen molar-refractivity contribution in [2.24, 2.45) is 5.92 Å². The van der Waals surface area contributed by atoms with Crippen molar-refractivity contribution in [1.29, 1.82) is 0 Å². The van der Waals surface area contributed by atoms with Gasteiger partial charge in [0, 0.05) is 12.6 Å². The average Bonchev–Trinajstić information content (AvgIpc) is 2.54. The van der Waals surface area contributed by atoms with E-state index in [-0.39, 0.29) is 12.0 Å². The molecule has 1 heterocycles. The number of nitrogens with zero attached hydrogens (tertiary/aromatic N) is 1. The van der Waals surface area contributed by atoms with Gasteiger partial charge in [0.1, 0.15) is 6.04 Å². The smallest absolute Gasteiger partial charge is 0.323 e. The van der Waals surface area contributed by atoms with E-state index in [4.69, 9.17) is 4.74 Å². The second kappa shape index (κ2) is 6.24. The van der Waals surface area contributed by atoms with Crippen LogP contribution in [0.2, 0.25) is 0 Å². The largest absolute Gasteiger partial charge is 0.465 e. The normalized spacial score (nSPS) is 28.0. The monoisotopic (exact) mass is 227 g/mol. The number of ether oxygens (including phenoxy) is 1. The molecule has 1 rings (SSSR count). The van der Waals surface area contributed by atoms with Gasteiger partial charge in [0.2, 0.25) is 0 Å². The van der Waals surface area contributed by atoms with Gasteiger partial charge in [-0.2, -0.15) is 0 Å². The molecule has 3 nitrogen and oxygen atoms in total. The summed E-state index contributed by atoms with van der Waals surface area (Å²) in [6, 6.07) is 0.487. The van der Waals surface area contributed by atoms with Gasteiger partial charge >= 0.3 is 5.97 Å². The van der Waals surface area contributed by atoms with Crippen molar-refractivity contribution in [1.82, 2.24) is 4.90 Å². The summed E-state index contributed by atoms with van der Waals surface area (Å²) in [6.07, 6.45) is 3.14. The molecule has 3 atom stereocenters. The van der Waals surface area contributed by atoms with E-state index in [0.29, 0.717) is 18.6 Å². The lowest BCUT2D eigenvalue weighted by molar-refractivity contribution is -0.150. The van der Waals surface area contributed by atoms with Crippen LogP contribution in [-0.2, 0) is 9.53 Å². The molecular formula is C13H25NO2. The lowest BCUT2D eigenvalue weighted by atomic mass is 10.1. The summed E-state index contributed by atoms with van der Waals surface area (Å²) in [6.45, 7) is 9.98. The van der Waals surface area contributed by atoms with Crippen LogP contribution in [0.3, 0.4) is 0 Å². The van der Waals surface area contributed by atoms with Crippen molar-refractivity contribution in [3.05, 3.63) is 0 Å². The Kier molecular flexibility index (Phi) is 5.26. The maximum Gasteiger partial charge on any atom is 0.323 e. The van der Waals surface area contributed by atoms with Gasteiger partial charge in [-0.1, -0.05) is 20.3 Å². The van der Waals surface area contributed by atoms with Crippen LogP contribution in [0.25, 0.3) is 0 Å². The van der Waals surface area contributed by atoms with E-state index in [0.717, 1.165) is 19.4 Å². The fraction of sp³-hybridized carbons (Fsp3) is 0.923.